The Bertz CT molecular complexity index is 888. The van der Waals surface area contributed by atoms with Gasteiger partial charge < -0.3 is 0 Å². The summed E-state index contributed by atoms with van der Waals surface area (Å²) in [5.41, 5.74) is 5.41. The number of thiophene rings is 1. The Labute approximate surface area is 153 Å². The Morgan fingerprint density at radius 2 is 1.60 bits per heavy atom. The van der Waals surface area contributed by atoms with E-state index in [2.05, 4.69) is 31.2 Å². The van der Waals surface area contributed by atoms with E-state index in [9.17, 15) is 4.79 Å². The molecule has 1 aliphatic carbocycles. The molecular weight excluding hydrogens is 324 g/mol. The van der Waals surface area contributed by atoms with Crippen molar-refractivity contribution in [3.8, 4) is 10.4 Å². The van der Waals surface area contributed by atoms with Crippen LogP contribution in [0.25, 0.3) is 10.4 Å². The lowest BCUT2D eigenvalue weighted by Crippen LogP contribution is -2.05. The minimum Gasteiger partial charge on any atom is -0.289 e. The molecule has 1 nitrogen and oxygen atoms in total. The normalized spacial score (nSPS) is 14.0. The van der Waals surface area contributed by atoms with Gasteiger partial charge in [-0.25, -0.2) is 0 Å². The van der Waals surface area contributed by atoms with Crippen LogP contribution in [-0.2, 0) is 12.8 Å². The second kappa shape index (κ2) is 6.97. The average molecular weight is 346 g/mol. The summed E-state index contributed by atoms with van der Waals surface area (Å²) in [4.78, 5) is 16.0. The van der Waals surface area contributed by atoms with Crippen molar-refractivity contribution in [3.63, 3.8) is 0 Å². The molecule has 0 N–H and O–H groups in total. The van der Waals surface area contributed by atoms with Crippen LogP contribution in [0.3, 0.4) is 0 Å². The monoisotopic (exact) mass is 346 g/mol. The van der Waals surface area contributed by atoms with Crippen molar-refractivity contribution >= 4 is 17.1 Å². The number of fused-ring (bicyclic) bond motifs is 1. The zero-order valence-electron chi connectivity index (χ0n) is 14.5. The minimum absolute atomic E-state index is 0.179. The fourth-order valence-corrected chi connectivity index (χ4v) is 5.02. The van der Waals surface area contributed by atoms with E-state index >= 15 is 0 Å². The Kier molecular flexibility index (Phi) is 4.54. The molecule has 2 aromatic carbocycles. The van der Waals surface area contributed by atoms with E-state index in [-0.39, 0.29) is 5.78 Å². The van der Waals surface area contributed by atoms with Crippen LogP contribution in [0.4, 0.5) is 0 Å². The molecule has 0 aliphatic heterocycles. The Hall–Kier alpha value is -2.19. The molecule has 0 atom stereocenters. The van der Waals surface area contributed by atoms with Gasteiger partial charge in [-0.3, -0.25) is 4.79 Å². The number of carbonyl (C=O) groups is 1. The van der Waals surface area contributed by atoms with Crippen LogP contribution in [0.2, 0.25) is 0 Å². The molecule has 0 unspecified atom stereocenters. The number of carbonyl (C=O) groups excluding carboxylic acids is 1. The van der Waals surface area contributed by atoms with Gasteiger partial charge in [-0.15, -0.1) is 11.3 Å². The first-order valence-electron chi connectivity index (χ1n) is 9.05. The van der Waals surface area contributed by atoms with E-state index in [0.717, 1.165) is 34.4 Å². The number of hydrogen-bond acceptors (Lipinski definition) is 2. The van der Waals surface area contributed by atoms with Gasteiger partial charge in [0.25, 0.3) is 0 Å². The van der Waals surface area contributed by atoms with Gasteiger partial charge in [0.05, 0.1) is 0 Å². The first-order valence-corrected chi connectivity index (χ1v) is 9.87. The molecular formula is C23H22OS. The SMILES string of the molecule is Cc1ccc(C(=O)c2c(-c3ccccc3)sc3c2CCCCC3)cc1. The maximum Gasteiger partial charge on any atom is 0.194 e. The van der Waals surface area contributed by atoms with E-state index in [0.29, 0.717) is 0 Å². The zero-order valence-corrected chi connectivity index (χ0v) is 15.4. The van der Waals surface area contributed by atoms with E-state index in [4.69, 9.17) is 0 Å². The van der Waals surface area contributed by atoms with Crippen LogP contribution in [0.15, 0.2) is 54.6 Å². The molecule has 3 aromatic rings. The molecule has 0 fully saturated rings. The summed E-state index contributed by atoms with van der Waals surface area (Å²) < 4.78 is 0. The van der Waals surface area contributed by atoms with Gasteiger partial charge in [-0.2, -0.15) is 0 Å². The Balaban J connectivity index is 1.88. The molecule has 0 spiro atoms. The zero-order chi connectivity index (χ0) is 17.2. The second-order valence-electron chi connectivity index (χ2n) is 6.83. The third-order valence-corrected chi connectivity index (χ3v) is 6.34. The summed E-state index contributed by atoms with van der Waals surface area (Å²) >= 11 is 1.83. The quantitative estimate of drug-likeness (QED) is 0.406. The molecule has 2 heteroatoms. The fourth-order valence-electron chi connectivity index (χ4n) is 3.62. The second-order valence-corrected chi connectivity index (χ2v) is 7.93. The lowest BCUT2D eigenvalue weighted by molar-refractivity contribution is 0.103. The molecule has 1 aliphatic rings. The highest BCUT2D eigenvalue weighted by atomic mass is 32.1. The first kappa shape index (κ1) is 16.3. The van der Waals surface area contributed by atoms with Crippen LogP contribution in [0.1, 0.15) is 51.2 Å². The molecule has 0 amide bonds. The van der Waals surface area contributed by atoms with Crippen molar-refractivity contribution in [3.05, 3.63) is 81.7 Å². The van der Waals surface area contributed by atoms with E-state index in [1.807, 2.05) is 41.7 Å². The van der Waals surface area contributed by atoms with Gasteiger partial charge in [0.1, 0.15) is 0 Å². The largest absolute Gasteiger partial charge is 0.289 e. The van der Waals surface area contributed by atoms with Crippen molar-refractivity contribution in [2.45, 2.75) is 39.0 Å². The lowest BCUT2D eigenvalue weighted by Gasteiger charge is -2.08. The van der Waals surface area contributed by atoms with Crippen LogP contribution in [0, 0.1) is 6.92 Å². The van der Waals surface area contributed by atoms with Gasteiger partial charge in [0.15, 0.2) is 5.78 Å². The molecule has 0 saturated carbocycles. The van der Waals surface area contributed by atoms with E-state index in [1.165, 1.54) is 35.3 Å². The van der Waals surface area contributed by atoms with Crippen LogP contribution in [-0.4, -0.2) is 5.78 Å². The molecule has 126 valence electrons. The topological polar surface area (TPSA) is 17.1 Å². The van der Waals surface area contributed by atoms with Crippen LogP contribution in [0.5, 0.6) is 0 Å². The standard InChI is InChI=1S/C23H22OS/c1-16-12-14-17(15-13-16)22(24)21-19-10-6-3-7-11-20(19)25-23(21)18-8-4-2-5-9-18/h2,4-5,8-9,12-15H,3,6-7,10-11H2,1H3. The summed E-state index contributed by atoms with van der Waals surface area (Å²) in [7, 11) is 0. The highest BCUT2D eigenvalue weighted by Gasteiger charge is 2.25. The van der Waals surface area contributed by atoms with E-state index < -0.39 is 0 Å². The fraction of sp³-hybridized carbons (Fsp3) is 0.261. The van der Waals surface area contributed by atoms with Crippen molar-refractivity contribution in [1.29, 1.82) is 0 Å². The van der Waals surface area contributed by atoms with Crippen molar-refractivity contribution in [2.75, 3.05) is 0 Å². The van der Waals surface area contributed by atoms with Crippen molar-refractivity contribution in [1.82, 2.24) is 0 Å². The third-order valence-electron chi connectivity index (χ3n) is 5.00. The van der Waals surface area contributed by atoms with Crippen molar-refractivity contribution in [2.24, 2.45) is 0 Å². The summed E-state index contributed by atoms with van der Waals surface area (Å²) in [6.45, 7) is 2.06. The maximum absolute atomic E-state index is 13.4. The molecule has 0 bridgehead atoms. The number of ketones is 1. The van der Waals surface area contributed by atoms with Crippen molar-refractivity contribution < 1.29 is 4.79 Å². The smallest absolute Gasteiger partial charge is 0.194 e. The number of rotatable bonds is 3. The maximum atomic E-state index is 13.4. The highest BCUT2D eigenvalue weighted by Crippen LogP contribution is 2.40. The van der Waals surface area contributed by atoms with Gasteiger partial charge in [0, 0.05) is 20.9 Å². The van der Waals surface area contributed by atoms with E-state index in [1.54, 1.807) is 0 Å². The first-order chi connectivity index (χ1) is 12.2. The predicted molar refractivity (Wildman–Crippen MR) is 106 cm³/mol. The minimum atomic E-state index is 0.179. The van der Waals surface area contributed by atoms with Gasteiger partial charge in [0.2, 0.25) is 0 Å². The summed E-state index contributed by atoms with van der Waals surface area (Å²) in [5.74, 6) is 0.179. The Morgan fingerprint density at radius 3 is 2.36 bits per heavy atom. The molecule has 0 radical (unpaired) electrons. The number of aryl methyl sites for hydroxylation is 2. The van der Waals surface area contributed by atoms with Gasteiger partial charge in [-0.1, -0.05) is 66.6 Å². The summed E-state index contributed by atoms with van der Waals surface area (Å²) in [6, 6.07) is 18.4. The molecule has 1 heterocycles. The summed E-state index contributed by atoms with van der Waals surface area (Å²) in [5, 5.41) is 0. The Morgan fingerprint density at radius 1 is 0.880 bits per heavy atom. The lowest BCUT2D eigenvalue weighted by atomic mass is 9.94. The molecule has 0 saturated heterocycles. The summed E-state index contributed by atoms with van der Waals surface area (Å²) in [6.07, 6.45) is 5.83. The molecule has 4 rings (SSSR count). The third kappa shape index (κ3) is 3.19. The number of benzene rings is 2. The van der Waals surface area contributed by atoms with Crippen LogP contribution < -0.4 is 0 Å². The molecule has 1 aromatic heterocycles. The average Bonchev–Trinajstić information content (AvgIpc) is 2.85. The van der Waals surface area contributed by atoms with Gasteiger partial charge >= 0.3 is 0 Å². The number of hydrogen-bond donors (Lipinski definition) is 0. The molecule has 25 heavy (non-hydrogen) atoms. The van der Waals surface area contributed by atoms with Crippen LogP contribution >= 0.6 is 11.3 Å². The highest BCUT2D eigenvalue weighted by molar-refractivity contribution is 7.16. The van der Waals surface area contributed by atoms with Gasteiger partial charge in [-0.05, 0) is 43.7 Å². The predicted octanol–water partition coefficient (Wildman–Crippen LogP) is 6.22.